The molecule has 2 aromatic carbocycles. The van der Waals surface area contributed by atoms with Gasteiger partial charge < -0.3 is 20.3 Å². The van der Waals surface area contributed by atoms with Crippen LogP contribution in [0.15, 0.2) is 66.7 Å². The number of nitrogens with one attached hydrogen (secondary N) is 2. The zero-order valence-electron chi connectivity index (χ0n) is 26.5. The first-order valence-corrected chi connectivity index (χ1v) is 16.9. The third-order valence-corrected chi connectivity index (χ3v) is 10.9. The van der Waals surface area contributed by atoms with Crippen molar-refractivity contribution in [3.05, 3.63) is 77.3 Å². The number of carbonyl (C=O) groups excluding carboxylic acids is 3. The van der Waals surface area contributed by atoms with Gasteiger partial charge in [0.15, 0.2) is 0 Å². The van der Waals surface area contributed by atoms with Gasteiger partial charge in [-0.2, -0.15) is 0 Å². The molecule has 2 aromatic rings. The van der Waals surface area contributed by atoms with E-state index in [4.69, 9.17) is 16.3 Å². The zero-order valence-corrected chi connectivity index (χ0v) is 27.2. The van der Waals surface area contributed by atoms with Gasteiger partial charge in [-0.3, -0.25) is 19.3 Å². The number of hydrogen-bond donors (Lipinski definition) is 2. The van der Waals surface area contributed by atoms with Gasteiger partial charge in [-0.15, -0.1) is 0 Å². The fourth-order valence-electron chi connectivity index (χ4n) is 8.00. The number of rotatable bonds is 11. The van der Waals surface area contributed by atoms with Crippen LogP contribution in [-0.4, -0.2) is 70.9 Å². The van der Waals surface area contributed by atoms with Crippen molar-refractivity contribution in [3.8, 4) is 0 Å². The summed E-state index contributed by atoms with van der Waals surface area (Å²) < 4.78 is 6.55. The lowest BCUT2D eigenvalue weighted by Gasteiger charge is -2.38. The Labute approximate surface area is 271 Å². The summed E-state index contributed by atoms with van der Waals surface area (Å²) in [6.07, 6.45) is 7.00. The molecule has 1 spiro atoms. The minimum Gasteiger partial charge on any atom is -0.359 e. The molecule has 8 nitrogen and oxygen atoms in total. The number of ether oxygens (including phenoxy) is 1. The highest BCUT2D eigenvalue weighted by atomic mass is 35.5. The van der Waals surface area contributed by atoms with Crippen LogP contribution in [0.4, 0.5) is 5.69 Å². The number of anilines is 1. The number of halogens is 1. The molecule has 3 aliphatic heterocycles. The predicted octanol–water partition coefficient (Wildman–Crippen LogP) is 5.28. The molecule has 45 heavy (non-hydrogen) atoms. The third-order valence-electron chi connectivity index (χ3n) is 10.6. The molecule has 2 bridgehead atoms. The molecule has 1 saturated carbocycles. The highest BCUT2D eigenvalue weighted by molar-refractivity contribution is 6.30. The molecule has 8 atom stereocenters. The van der Waals surface area contributed by atoms with Gasteiger partial charge in [0.05, 0.1) is 17.9 Å². The van der Waals surface area contributed by atoms with Crippen molar-refractivity contribution in [2.75, 3.05) is 25.0 Å². The zero-order chi connectivity index (χ0) is 31.7. The maximum atomic E-state index is 14.4. The summed E-state index contributed by atoms with van der Waals surface area (Å²) in [5, 5.41) is 6.80. The maximum Gasteiger partial charge on any atom is 0.246 e. The summed E-state index contributed by atoms with van der Waals surface area (Å²) in [4.78, 5) is 46.5. The summed E-state index contributed by atoms with van der Waals surface area (Å²) in [6, 6.07) is 16.5. The number of hydrogen-bond acceptors (Lipinski definition) is 5. The number of benzene rings is 2. The second-order valence-corrected chi connectivity index (χ2v) is 13.8. The Morgan fingerprint density at radius 2 is 1.89 bits per heavy atom. The number of amides is 3. The first kappa shape index (κ1) is 31.8. The van der Waals surface area contributed by atoms with Crippen molar-refractivity contribution in [1.82, 2.24) is 15.1 Å². The van der Waals surface area contributed by atoms with Crippen molar-refractivity contribution >= 4 is 35.0 Å². The van der Waals surface area contributed by atoms with Gasteiger partial charge in [0.1, 0.15) is 11.6 Å². The van der Waals surface area contributed by atoms with Crippen molar-refractivity contribution in [2.24, 2.45) is 23.7 Å². The topological polar surface area (TPSA) is 91.0 Å². The standard InChI is InChI=1S/C36H45ClN4O4/c1-4-40(22-25-12-6-5-7-13-25)19-10-20-41-32(34(43)39-28-16-8-11-23(2)24(28)3)36-18-17-29(45-36)30(31(36)35(41)44)33(42)38-27-15-9-14-26(37)21-27/h5-7,9,12-15,17-18,21,23-24,28-32H,4,8,10-11,16,19-20,22H2,1-3H3,(H,38,42)(H,39,43)/t23-,24-,28-,29-,30-,31-,32+,36+/m1/s1. The van der Waals surface area contributed by atoms with Gasteiger partial charge in [-0.05, 0) is 55.0 Å². The molecule has 2 saturated heterocycles. The Hall–Kier alpha value is -3.20. The Kier molecular flexibility index (Phi) is 9.37. The lowest BCUT2D eigenvalue weighted by Crippen LogP contribution is -2.58. The van der Waals surface area contributed by atoms with Crippen LogP contribution in [0.1, 0.15) is 52.0 Å². The Bertz CT molecular complexity index is 1440. The lowest BCUT2D eigenvalue weighted by atomic mass is 9.73. The molecule has 9 heteroatoms. The molecule has 4 aliphatic rings. The van der Waals surface area contributed by atoms with Gasteiger partial charge in [0.25, 0.3) is 0 Å². The van der Waals surface area contributed by atoms with Crippen LogP contribution in [0.25, 0.3) is 0 Å². The monoisotopic (exact) mass is 632 g/mol. The number of fused-ring (bicyclic) bond motifs is 1. The summed E-state index contributed by atoms with van der Waals surface area (Å²) in [7, 11) is 0. The van der Waals surface area contributed by atoms with E-state index < -0.39 is 29.6 Å². The highest BCUT2D eigenvalue weighted by Crippen LogP contribution is 2.55. The first-order valence-electron chi connectivity index (χ1n) is 16.5. The van der Waals surface area contributed by atoms with E-state index in [1.165, 1.54) is 5.56 Å². The molecule has 0 aromatic heterocycles. The molecule has 3 fully saturated rings. The second-order valence-electron chi connectivity index (χ2n) is 13.3. The van der Waals surface area contributed by atoms with Crippen LogP contribution in [-0.2, 0) is 25.7 Å². The first-order chi connectivity index (χ1) is 21.7. The van der Waals surface area contributed by atoms with E-state index in [1.54, 1.807) is 29.2 Å². The maximum absolute atomic E-state index is 14.4. The molecular formula is C36H45ClN4O4. The fourth-order valence-corrected chi connectivity index (χ4v) is 8.19. The molecule has 3 amide bonds. The molecule has 0 radical (unpaired) electrons. The van der Waals surface area contributed by atoms with Crippen LogP contribution >= 0.6 is 11.6 Å². The summed E-state index contributed by atoms with van der Waals surface area (Å²) in [6.45, 7) is 9.45. The largest absolute Gasteiger partial charge is 0.359 e. The van der Waals surface area contributed by atoms with Crippen LogP contribution in [0.5, 0.6) is 0 Å². The van der Waals surface area contributed by atoms with Crippen molar-refractivity contribution < 1.29 is 19.1 Å². The van der Waals surface area contributed by atoms with E-state index in [-0.39, 0.29) is 23.8 Å². The molecule has 0 unspecified atom stereocenters. The van der Waals surface area contributed by atoms with E-state index >= 15 is 0 Å². The van der Waals surface area contributed by atoms with Gasteiger partial charge in [0.2, 0.25) is 17.7 Å². The highest BCUT2D eigenvalue weighted by Gasteiger charge is 2.72. The summed E-state index contributed by atoms with van der Waals surface area (Å²) >= 11 is 6.17. The van der Waals surface area contributed by atoms with Crippen LogP contribution < -0.4 is 10.6 Å². The normalized spacial score (nSPS) is 31.8. The van der Waals surface area contributed by atoms with Crippen LogP contribution in [0.2, 0.25) is 5.02 Å². The molecular weight excluding hydrogens is 588 g/mol. The van der Waals surface area contributed by atoms with E-state index in [1.807, 2.05) is 30.4 Å². The van der Waals surface area contributed by atoms with E-state index in [2.05, 4.69) is 48.4 Å². The van der Waals surface area contributed by atoms with E-state index in [0.717, 1.165) is 38.9 Å². The SMILES string of the molecule is CCN(CCCN1C(=O)[C@H]2[C@H](C(=O)Nc3cccc(Cl)c3)[C@H]3C=C[C@@]2(O3)[C@@H]1C(=O)N[C@@H]1CCC[C@@H](C)[C@H]1C)Cc1ccccc1. The Morgan fingerprint density at radius 3 is 2.64 bits per heavy atom. The van der Waals surface area contributed by atoms with Crippen molar-refractivity contribution in [3.63, 3.8) is 0 Å². The third kappa shape index (κ3) is 6.17. The Balaban J connectivity index is 1.24. The van der Waals surface area contributed by atoms with Crippen molar-refractivity contribution in [2.45, 2.75) is 76.8 Å². The predicted molar refractivity (Wildman–Crippen MR) is 175 cm³/mol. The van der Waals surface area contributed by atoms with Gasteiger partial charge in [-0.1, -0.05) is 93.8 Å². The smallest absolute Gasteiger partial charge is 0.246 e. The number of carbonyl (C=O) groups is 3. The van der Waals surface area contributed by atoms with Gasteiger partial charge in [-0.25, -0.2) is 0 Å². The average molecular weight is 633 g/mol. The quantitative estimate of drug-likeness (QED) is 0.329. The average Bonchev–Trinajstić information content (AvgIpc) is 3.67. The minimum absolute atomic E-state index is 0.0413. The van der Waals surface area contributed by atoms with Gasteiger partial charge in [0, 0.05) is 36.4 Å². The van der Waals surface area contributed by atoms with E-state index in [0.29, 0.717) is 35.5 Å². The lowest BCUT2D eigenvalue weighted by molar-refractivity contribution is -0.141. The molecule has 6 rings (SSSR count). The number of likely N-dealkylation sites (tertiary alicyclic amines) is 1. The Morgan fingerprint density at radius 1 is 1.09 bits per heavy atom. The molecule has 2 N–H and O–H groups in total. The molecule has 1 aliphatic carbocycles. The summed E-state index contributed by atoms with van der Waals surface area (Å²) in [5.41, 5.74) is 0.616. The minimum atomic E-state index is -1.18. The van der Waals surface area contributed by atoms with E-state index in [9.17, 15) is 14.4 Å². The van der Waals surface area contributed by atoms with Crippen LogP contribution in [0, 0.1) is 23.7 Å². The van der Waals surface area contributed by atoms with Gasteiger partial charge >= 0.3 is 0 Å². The van der Waals surface area contributed by atoms with Crippen molar-refractivity contribution in [1.29, 1.82) is 0 Å². The fraction of sp³-hybridized carbons (Fsp3) is 0.528. The number of nitrogens with zero attached hydrogens (tertiary/aromatic N) is 2. The summed E-state index contributed by atoms with van der Waals surface area (Å²) in [5.74, 6) is -1.36. The molecule has 3 heterocycles. The van der Waals surface area contributed by atoms with Crippen LogP contribution in [0.3, 0.4) is 0 Å². The molecule has 240 valence electrons. The second kappa shape index (κ2) is 13.3.